The predicted molar refractivity (Wildman–Crippen MR) is 74.0 cm³/mol. The summed E-state index contributed by atoms with van der Waals surface area (Å²) in [6, 6.07) is 9.65. The minimum absolute atomic E-state index is 0.0206. The lowest BCUT2D eigenvalue weighted by Gasteiger charge is -2.30. The molecular weight excluding hydrogens is 238 g/mol. The SMILES string of the molecule is O=C1OC(c2ccccc2)=NC[C@H]1C1CCCCC1. The molecule has 1 aliphatic carbocycles. The average molecular weight is 257 g/mol. The maximum Gasteiger partial charge on any atom is 0.317 e. The van der Waals surface area contributed by atoms with Gasteiger partial charge in [-0.1, -0.05) is 37.5 Å². The van der Waals surface area contributed by atoms with Gasteiger partial charge in [0.05, 0.1) is 12.5 Å². The van der Waals surface area contributed by atoms with Crippen molar-refractivity contribution in [1.29, 1.82) is 0 Å². The van der Waals surface area contributed by atoms with E-state index in [0.29, 0.717) is 18.4 Å². The number of cyclic esters (lactones) is 1. The van der Waals surface area contributed by atoms with Crippen LogP contribution in [0.4, 0.5) is 0 Å². The average Bonchev–Trinajstić information content (AvgIpc) is 2.49. The molecule has 0 N–H and O–H groups in total. The van der Waals surface area contributed by atoms with Crippen LogP contribution < -0.4 is 0 Å². The number of carbonyl (C=O) groups excluding carboxylic acids is 1. The number of nitrogens with zero attached hydrogens (tertiary/aromatic N) is 1. The molecule has 1 aromatic rings. The molecule has 1 aromatic carbocycles. The van der Waals surface area contributed by atoms with Crippen LogP contribution in [0.1, 0.15) is 37.7 Å². The Hall–Kier alpha value is -1.64. The molecule has 0 amide bonds. The summed E-state index contributed by atoms with van der Waals surface area (Å²) in [6.45, 7) is 0.591. The topological polar surface area (TPSA) is 38.7 Å². The summed E-state index contributed by atoms with van der Waals surface area (Å²) < 4.78 is 5.45. The Morgan fingerprint density at radius 1 is 1.05 bits per heavy atom. The van der Waals surface area contributed by atoms with E-state index >= 15 is 0 Å². The zero-order valence-corrected chi connectivity index (χ0v) is 11.0. The fraction of sp³-hybridized carbons (Fsp3) is 0.500. The minimum atomic E-state index is -0.0826. The van der Waals surface area contributed by atoms with Crippen molar-refractivity contribution in [1.82, 2.24) is 0 Å². The van der Waals surface area contributed by atoms with Gasteiger partial charge < -0.3 is 4.74 Å². The Balaban J connectivity index is 1.73. The van der Waals surface area contributed by atoms with E-state index in [0.717, 1.165) is 18.4 Å². The normalized spacial score (nSPS) is 24.7. The van der Waals surface area contributed by atoms with E-state index in [1.165, 1.54) is 19.3 Å². The lowest BCUT2D eigenvalue weighted by atomic mass is 9.79. The lowest BCUT2D eigenvalue weighted by Crippen LogP contribution is -2.35. The highest BCUT2D eigenvalue weighted by molar-refractivity contribution is 6.02. The quantitative estimate of drug-likeness (QED) is 0.763. The first-order valence-corrected chi connectivity index (χ1v) is 7.16. The molecule has 100 valence electrons. The van der Waals surface area contributed by atoms with E-state index in [1.807, 2.05) is 30.3 Å². The molecule has 0 spiro atoms. The van der Waals surface area contributed by atoms with Gasteiger partial charge in [0.1, 0.15) is 0 Å². The number of aliphatic imine (C=N–C) groups is 1. The van der Waals surface area contributed by atoms with Gasteiger partial charge >= 0.3 is 5.97 Å². The Labute approximate surface area is 113 Å². The fourth-order valence-corrected chi connectivity index (χ4v) is 3.07. The first-order valence-electron chi connectivity index (χ1n) is 7.16. The zero-order valence-electron chi connectivity index (χ0n) is 11.0. The Bertz CT molecular complexity index is 475. The van der Waals surface area contributed by atoms with E-state index in [9.17, 15) is 4.79 Å². The van der Waals surface area contributed by atoms with Gasteiger partial charge in [-0.25, -0.2) is 4.99 Å². The first-order chi connectivity index (χ1) is 9.34. The predicted octanol–water partition coefficient (Wildman–Crippen LogP) is 3.19. The van der Waals surface area contributed by atoms with E-state index in [4.69, 9.17) is 4.74 Å². The molecule has 2 aliphatic rings. The first kappa shape index (κ1) is 12.4. The molecule has 3 nitrogen and oxygen atoms in total. The summed E-state index contributed by atoms with van der Waals surface area (Å²) in [5, 5.41) is 0. The number of benzene rings is 1. The smallest absolute Gasteiger partial charge is 0.317 e. The van der Waals surface area contributed by atoms with Crippen molar-refractivity contribution >= 4 is 11.9 Å². The summed E-state index contributed by atoms with van der Waals surface area (Å²) in [4.78, 5) is 16.7. The molecule has 19 heavy (non-hydrogen) atoms. The molecule has 0 unspecified atom stereocenters. The number of ether oxygens (including phenoxy) is 1. The van der Waals surface area contributed by atoms with Gasteiger partial charge in [0, 0.05) is 5.56 Å². The molecule has 1 heterocycles. The van der Waals surface area contributed by atoms with Crippen molar-refractivity contribution in [2.24, 2.45) is 16.8 Å². The van der Waals surface area contributed by atoms with E-state index in [-0.39, 0.29) is 11.9 Å². The standard InChI is InChI=1S/C16H19NO2/c18-16-14(12-7-3-1-4-8-12)11-17-15(19-16)13-9-5-2-6-10-13/h2,5-6,9-10,12,14H,1,3-4,7-8,11H2/t14-/m0/s1. The maximum absolute atomic E-state index is 12.2. The molecule has 1 saturated carbocycles. The molecule has 3 heteroatoms. The van der Waals surface area contributed by atoms with Crippen LogP contribution in [0.25, 0.3) is 0 Å². The Morgan fingerprint density at radius 2 is 1.79 bits per heavy atom. The lowest BCUT2D eigenvalue weighted by molar-refractivity contribution is -0.143. The third-order valence-electron chi connectivity index (χ3n) is 4.17. The number of hydrogen-bond donors (Lipinski definition) is 0. The molecule has 1 atom stereocenters. The fourth-order valence-electron chi connectivity index (χ4n) is 3.07. The summed E-state index contributed by atoms with van der Waals surface area (Å²) >= 11 is 0. The Kier molecular flexibility index (Phi) is 3.62. The molecule has 3 rings (SSSR count). The van der Waals surface area contributed by atoms with Gasteiger partial charge in [0.25, 0.3) is 0 Å². The van der Waals surface area contributed by atoms with E-state index < -0.39 is 0 Å². The summed E-state index contributed by atoms with van der Waals surface area (Å²) in [5.74, 6) is 0.855. The van der Waals surface area contributed by atoms with Gasteiger partial charge in [-0.05, 0) is 30.9 Å². The molecule has 1 fully saturated rings. The van der Waals surface area contributed by atoms with Crippen molar-refractivity contribution in [2.45, 2.75) is 32.1 Å². The second kappa shape index (κ2) is 5.55. The van der Waals surface area contributed by atoms with Crippen LogP contribution in [0.5, 0.6) is 0 Å². The third kappa shape index (κ3) is 2.70. The second-order valence-corrected chi connectivity index (χ2v) is 5.44. The second-order valence-electron chi connectivity index (χ2n) is 5.44. The molecular formula is C16H19NO2. The highest BCUT2D eigenvalue weighted by Gasteiger charge is 2.34. The summed E-state index contributed by atoms with van der Waals surface area (Å²) in [7, 11) is 0. The van der Waals surface area contributed by atoms with Crippen molar-refractivity contribution in [3.8, 4) is 0 Å². The summed E-state index contributed by atoms with van der Waals surface area (Å²) in [5.41, 5.74) is 0.887. The number of hydrogen-bond acceptors (Lipinski definition) is 3. The van der Waals surface area contributed by atoms with Crippen LogP contribution in [0, 0.1) is 11.8 Å². The van der Waals surface area contributed by atoms with Gasteiger partial charge in [-0.3, -0.25) is 4.79 Å². The van der Waals surface area contributed by atoms with Crippen molar-refractivity contribution in [3.05, 3.63) is 35.9 Å². The highest BCUT2D eigenvalue weighted by atomic mass is 16.5. The van der Waals surface area contributed by atoms with Crippen molar-refractivity contribution in [3.63, 3.8) is 0 Å². The van der Waals surface area contributed by atoms with Crippen LogP contribution in [-0.2, 0) is 9.53 Å². The number of esters is 1. The monoisotopic (exact) mass is 257 g/mol. The van der Waals surface area contributed by atoms with Crippen LogP contribution in [-0.4, -0.2) is 18.4 Å². The molecule has 0 radical (unpaired) electrons. The van der Waals surface area contributed by atoms with Gasteiger partial charge in [-0.15, -0.1) is 0 Å². The van der Waals surface area contributed by atoms with E-state index in [1.54, 1.807) is 0 Å². The van der Waals surface area contributed by atoms with Gasteiger partial charge in [0.15, 0.2) is 0 Å². The number of carbonyl (C=O) groups is 1. The molecule has 0 saturated heterocycles. The number of rotatable bonds is 2. The van der Waals surface area contributed by atoms with Gasteiger partial charge in [0.2, 0.25) is 5.90 Å². The van der Waals surface area contributed by atoms with Crippen LogP contribution in [0.2, 0.25) is 0 Å². The molecule has 0 bridgehead atoms. The van der Waals surface area contributed by atoms with Crippen LogP contribution in [0.3, 0.4) is 0 Å². The largest absolute Gasteiger partial charge is 0.407 e. The van der Waals surface area contributed by atoms with Crippen molar-refractivity contribution < 1.29 is 9.53 Å². The Morgan fingerprint density at radius 3 is 2.47 bits per heavy atom. The highest BCUT2D eigenvalue weighted by Crippen LogP contribution is 2.32. The zero-order chi connectivity index (χ0) is 13.1. The molecule has 0 aromatic heterocycles. The minimum Gasteiger partial charge on any atom is -0.407 e. The van der Waals surface area contributed by atoms with Gasteiger partial charge in [-0.2, -0.15) is 0 Å². The van der Waals surface area contributed by atoms with Crippen LogP contribution in [0.15, 0.2) is 35.3 Å². The van der Waals surface area contributed by atoms with E-state index in [2.05, 4.69) is 4.99 Å². The third-order valence-corrected chi connectivity index (χ3v) is 4.17. The summed E-state index contributed by atoms with van der Waals surface area (Å²) in [6.07, 6.45) is 6.08. The maximum atomic E-state index is 12.2. The van der Waals surface area contributed by atoms with Crippen molar-refractivity contribution in [2.75, 3.05) is 6.54 Å². The molecule has 1 aliphatic heterocycles. The van der Waals surface area contributed by atoms with Crippen LogP contribution >= 0.6 is 0 Å².